The molecule has 0 aromatic rings. The molecule has 1 rings (SSSR count). The number of carbonyl (C=O) groups is 1. The lowest BCUT2D eigenvalue weighted by Gasteiger charge is -2.36. The van der Waals surface area contributed by atoms with E-state index in [9.17, 15) is 4.79 Å². The summed E-state index contributed by atoms with van der Waals surface area (Å²) in [4.78, 5) is 12.6. The van der Waals surface area contributed by atoms with Crippen molar-refractivity contribution in [1.29, 1.82) is 0 Å². The molecule has 1 fully saturated rings. The number of rotatable bonds is 5. The molecule has 0 spiro atoms. The van der Waals surface area contributed by atoms with Crippen LogP contribution < -0.4 is 0 Å². The van der Waals surface area contributed by atoms with Gasteiger partial charge < -0.3 is 10.0 Å². The van der Waals surface area contributed by atoms with Gasteiger partial charge in [-0.1, -0.05) is 13.3 Å². The minimum absolute atomic E-state index is 0.282. The number of hydrogen-bond acceptors (Lipinski definition) is 2. The Morgan fingerprint density at radius 3 is 2.58 bits per heavy atom. The molecule has 1 aliphatic carbocycles. The van der Waals surface area contributed by atoms with Gasteiger partial charge in [-0.3, -0.25) is 4.79 Å². The van der Waals surface area contributed by atoms with E-state index in [4.69, 9.17) is 5.11 Å². The molecule has 0 radical (unpaired) electrons. The van der Waals surface area contributed by atoms with Crippen molar-refractivity contribution in [2.24, 2.45) is 0 Å². The van der Waals surface area contributed by atoms with Crippen molar-refractivity contribution in [3.8, 4) is 0 Å². The van der Waals surface area contributed by atoms with Crippen LogP contribution in [0.1, 0.15) is 32.6 Å². The lowest BCUT2D eigenvalue weighted by atomic mass is 9.91. The number of carboxylic acids is 1. The Labute approximate surface area is 73.4 Å². The van der Waals surface area contributed by atoms with Gasteiger partial charge in [0.2, 0.25) is 0 Å². The Bertz CT molecular complexity index is 155. The summed E-state index contributed by atoms with van der Waals surface area (Å²) in [5, 5.41) is 8.50. The fraction of sp³-hybridized carbons (Fsp3) is 0.889. The van der Waals surface area contributed by atoms with Crippen molar-refractivity contribution in [3.05, 3.63) is 0 Å². The lowest BCUT2D eigenvalue weighted by Crippen LogP contribution is -2.41. The Morgan fingerprint density at radius 1 is 1.58 bits per heavy atom. The number of carboxylic acid groups (broad SMARTS) is 1. The zero-order valence-corrected chi connectivity index (χ0v) is 7.62. The highest BCUT2D eigenvalue weighted by molar-refractivity contribution is 5.66. The van der Waals surface area contributed by atoms with Crippen LogP contribution in [0.2, 0.25) is 0 Å². The van der Waals surface area contributed by atoms with Crippen LogP contribution >= 0.6 is 0 Å². The summed E-state index contributed by atoms with van der Waals surface area (Å²) in [6.07, 6.45) is 4.11. The lowest BCUT2D eigenvalue weighted by molar-refractivity contribution is -0.137. The molecule has 3 nitrogen and oxygen atoms in total. The molecular weight excluding hydrogens is 154 g/mol. The van der Waals surface area contributed by atoms with Gasteiger partial charge in [-0.05, 0) is 19.4 Å². The van der Waals surface area contributed by atoms with Gasteiger partial charge in [0.1, 0.15) is 0 Å². The summed E-state index contributed by atoms with van der Waals surface area (Å²) in [7, 11) is 0. The molecule has 0 unspecified atom stereocenters. The predicted octanol–water partition coefficient (Wildman–Crippen LogP) is 1.34. The Kier molecular flexibility index (Phi) is 3.53. The maximum atomic E-state index is 10.3. The largest absolute Gasteiger partial charge is 0.481 e. The molecule has 0 aromatic carbocycles. The first kappa shape index (κ1) is 9.52. The number of aliphatic carboxylic acids is 1. The van der Waals surface area contributed by atoms with Gasteiger partial charge in [0.05, 0.1) is 6.42 Å². The molecule has 0 amide bonds. The molecule has 70 valence electrons. The van der Waals surface area contributed by atoms with Crippen LogP contribution in [-0.2, 0) is 4.79 Å². The zero-order chi connectivity index (χ0) is 8.97. The van der Waals surface area contributed by atoms with E-state index in [2.05, 4.69) is 11.8 Å². The van der Waals surface area contributed by atoms with E-state index in [1.807, 2.05) is 0 Å². The van der Waals surface area contributed by atoms with Gasteiger partial charge in [0.25, 0.3) is 0 Å². The van der Waals surface area contributed by atoms with Crippen molar-refractivity contribution >= 4 is 5.97 Å². The molecule has 1 aliphatic rings. The molecule has 0 aliphatic heterocycles. The Hall–Kier alpha value is -0.570. The summed E-state index contributed by atoms with van der Waals surface area (Å²) in [5.41, 5.74) is 0. The molecule has 0 atom stereocenters. The van der Waals surface area contributed by atoms with E-state index in [0.29, 0.717) is 6.04 Å². The van der Waals surface area contributed by atoms with E-state index in [0.717, 1.165) is 13.1 Å². The fourth-order valence-corrected chi connectivity index (χ4v) is 1.59. The highest BCUT2D eigenvalue weighted by Gasteiger charge is 2.23. The quantitative estimate of drug-likeness (QED) is 0.678. The second-order valence-electron chi connectivity index (χ2n) is 3.36. The van der Waals surface area contributed by atoms with Crippen LogP contribution in [0.4, 0.5) is 0 Å². The van der Waals surface area contributed by atoms with E-state index < -0.39 is 5.97 Å². The molecule has 0 bridgehead atoms. The Balaban J connectivity index is 2.20. The van der Waals surface area contributed by atoms with Crippen LogP contribution in [0.15, 0.2) is 0 Å². The summed E-state index contributed by atoms with van der Waals surface area (Å²) >= 11 is 0. The maximum absolute atomic E-state index is 10.3. The fourth-order valence-electron chi connectivity index (χ4n) is 1.59. The summed E-state index contributed by atoms with van der Waals surface area (Å²) in [6.45, 7) is 3.80. The van der Waals surface area contributed by atoms with Crippen molar-refractivity contribution < 1.29 is 9.90 Å². The minimum atomic E-state index is -0.687. The van der Waals surface area contributed by atoms with Crippen molar-refractivity contribution in [2.75, 3.05) is 13.1 Å². The predicted molar refractivity (Wildman–Crippen MR) is 47.1 cm³/mol. The van der Waals surface area contributed by atoms with Crippen LogP contribution in [0.5, 0.6) is 0 Å². The first-order chi connectivity index (χ1) is 5.74. The average Bonchev–Trinajstić information content (AvgIpc) is 1.93. The third kappa shape index (κ3) is 2.48. The number of nitrogens with zero attached hydrogens (tertiary/aromatic N) is 1. The van der Waals surface area contributed by atoms with E-state index in [1.165, 1.54) is 19.3 Å². The molecule has 0 saturated heterocycles. The molecule has 1 N–H and O–H groups in total. The van der Waals surface area contributed by atoms with Gasteiger partial charge in [-0.25, -0.2) is 0 Å². The minimum Gasteiger partial charge on any atom is -0.481 e. The maximum Gasteiger partial charge on any atom is 0.304 e. The number of hydrogen-bond donors (Lipinski definition) is 1. The van der Waals surface area contributed by atoms with Crippen molar-refractivity contribution in [3.63, 3.8) is 0 Å². The van der Waals surface area contributed by atoms with Gasteiger partial charge in [-0.2, -0.15) is 0 Å². The summed E-state index contributed by atoms with van der Waals surface area (Å²) in [5.74, 6) is -0.687. The topological polar surface area (TPSA) is 40.5 Å². The van der Waals surface area contributed by atoms with Crippen LogP contribution in [0, 0.1) is 0 Å². The third-order valence-corrected chi connectivity index (χ3v) is 2.61. The Morgan fingerprint density at radius 2 is 2.25 bits per heavy atom. The zero-order valence-electron chi connectivity index (χ0n) is 7.62. The van der Waals surface area contributed by atoms with Crippen molar-refractivity contribution in [2.45, 2.75) is 38.6 Å². The van der Waals surface area contributed by atoms with Gasteiger partial charge in [0.15, 0.2) is 0 Å². The molecule has 0 heterocycles. The monoisotopic (exact) mass is 171 g/mol. The van der Waals surface area contributed by atoms with E-state index in [1.54, 1.807) is 0 Å². The highest BCUT2D eigenvalue weighted by Crippen LogP contribution is 2.24. The highest BCUT2D eigenvalue weighted by atomic mass is 16.4. The molecule has 1 saturated carbocycles. The van der Waals surface area contributed by atoms with Crippen LogP contribution in [-0.4, -0.2) is 35.1 Å². The van der Waals surface area contributed by atoms with Gasteiger partial charge in [0, 0.05) is 12.6 Å². The smallest absolute Gasteiger partial charge is 0.304 e. The molecule has 12 heavy (non-hydrogen) atoms. The summed E-state index contributed by atoms with van der Waals surface area (Å²) in [6, 6.07) is 0.675. The van der Waals surface area contributed by atoms with E-state index in [-0.39, 0.29) is 6.42 Å². The SMILES string of the molecule is CCN(CCC(=O)O)C1CCC1. The van der Waals surface area contributed by atoms with E-state index >= 15 is 0 Å². The van der Waals surface area contributed by atoms with Gasteiger partial charge >= 0.3 is 5.97 Å². The van der Waals surface area contributed by atoms with Crippen LogP contribution in [0.25, 0.3) is 0 Å². The first-order valence-corrected chi connectivity index (χ1v) is 4.70. The normalized spacial score (nSPS) is 17.8. The average molecular weight is 171 g/mol. The standard InChI is InChI=1S/C9H17NO2/c1-2-10(7-6-9(11)12)8-4-3-5-8/h8H,2-7H2,1H3,(H,11,12). The molecular formula is C9H17NO2. The van der Waals surface area contributed by atoms with Gasteiger partial charge in [-0.15, -0.1) is 0 Å². The summed E-state index contributed by atoms with van der Waals surface area (Å²) < 4.78 is 0. The molecule has 0 aromatic heterocycles. The second-order valence-corrected chi connectivity index (χ2v) is 3.36. The first-order valence-electron chi connectivity index (χ1n) is 4.70. The van der Waals surface area contributed by atoms with Crippen molar-refractivity contribution in [1.82, 2.24) is 4.90 Å². The molecule has 3 heteroatoms. The second kappa shape index (κ2) is 4.45. The third-order valence-electron chi connectivity index (χ3n) is 2.61. The van der Waals surface area contributed by atoms with Crippen LogP contribution in [0.3, 0.4) is 0 Å².